The Hall–Kier alpha value is -1.84. The Kier molecular flexibility index (Phi) is 11.4. The van der Waals surface area contributed by atoms with Gasteiger partial charge >= 0.3 is 11.9 Å². The first-order valence-corrected chi connectivity index (χ1v) is 10.0. The molecule has 0 aliphatic heterocycles. The molecule has 0 radical (unpaired) electrons. The van der Waals surface area contributed by atoms with Gasteiger partial charge in [0.2, 0.25) is 0 Å². The third kappa shape index (κ3) is 8.50. The van der Waals surface area contributed by atoms with Crippen molar-refractivity contribution < 1.29 is 19.1 Å². The molecule has 0 fully saturated rings. The second-order valence-corrected chi connectivity index (χ2v) is 6.80. The summed E-state index contributed by atoms with van der Waals surface area (Å²) in [5, 5.41) is 0. The fourth-order valence-electron chi connectivity index (χ4n) is 2.77. The van der Waals surface area contributed by atoms with Crippen molar-refractivity contribution in [3.8, 4) is 0 Å². The molecular weight excluding hydrogens is 328 g/mol. The molecule has 0 saturated heterocycles. The number of carbonyl (C=O) groups excluding carboxylic acids is 2. The molecule has 1 aliphatic rings. The lowest BCUT2D eigenvalue weighted by atomic mass is 9.98. The van der Waals surface area contributed by atoms with Crippen LogP contribution in [0.2, 0.25) is 0 Å². The van der Waals surface area contributed by atoms with Crippen LogP contribution in [-0.2, 0) is 19.1 Å². The summed E-state index contributed by atoms with van der Waals surface area (Å²) in [6, 6.07) is 0. The summed E-state index contributed by atoms with van der Waals surface area (Å²) in [4.78, 5) is 25.0. The highest BCUT2D eigenvalue weighted by Gasteiger charge is 2.28. The predicted molar refractivity (Wildman–Crippen MR) is 105 cm³/mol. The van der Waals surface area contributed by atoms with Gasteiger partial charge in [0, 0.05) is 0 Å². The van der Waals surface area contributed by atoms with Crippen molar-refractivity contribution >= 4 is 11.9 Å². The maximum Gasteiger partial charge on any atom is 0.335 e. The van der Waals surface area contributed by atoms with E-state index >= 15 is 0 Å². The SMILES string of the molecule is CCCCCCOC(=O)C1=CC(C)=CC=CC1C(=O)OCCCCCC. The molecule has 1 rings (SSSR count). The first-order valence-electron chi connectivity index (χ1n) is 10.0. The number of ether oxygens (including phenoxy) is 2. The van der Waals surface area contributed by atoms with Crippen molar-refractivity contribution in [1.82, 2.24) is 0 Å². The zero-order valence-corrected chi connectivity index (χ0v) is 16.6. The molecule has 0 aromatic carbocycles. The van der Waals surface area contributed by atoms with Gasteiger partial charge in [-0.05, 0) is 25.8 Å². The third-order valence-corrected chi connectivity index (χ3v) is 4.34. The van der Waals surface area contributed by atoms with Crippen molar-refractivity contribution in [3.05, 3.63) is 35.5 Å². The van der Waals surface area contributed by atoms with Gasteiger partial charge in [0.25, 0.3) is 0 Å². The summed E-state index contributed by atoms with van der Waals surface area (Å²) in [6.07, 6.45) is 15.5. The first-order chi connectivity index (χ1) is 12.6. The van der Waals surface area contributed by atoms with E-state index in [1.54, 1.807) is 18.2 Å². The molecule has 4 heteroatoms. The van der Waals surface area contributed by atoms with Gasteiger partial charge in [-0.25, -0.2) is 4.79 Å². The molecule has 26 heavy (non-hydrogen) atoms. The lowest BCUT2D eigenvalue weighted by Gasteiger charge is -2.15. The van der Waals surface area contributed by atoms with Gasteiger partial charge in [0.05, 0.1) is 18.8 Å². The van der Waals surface area contributed by atoms with E-state index < -0.39 is 11.9 Å². The monoisotopic (exact) mass is 362 g/mol. The minimum Gasteiger partial charge on any atom is -0.465 e. The number of allylic oxidation sites excluding steroid dienone is 4. The van der Waals surface area contributed by atoms with Gasteiger partial charge in [0.15, 0.2) is 0 Å². The molecule has 0 heterocycles. The van der Waals surface area contributed by atoms with Crippen molar-refractivity contribution in [2.24, 2.45) is 5.92 Å². The van der Waals surface area contributed by atoms with Crippen LogP contribution in [0.3, 0.4) is 0 Å². The number of hydrogen-bond donors (Lipinski definition) is 0. The van der Waals surface area contributed by atoms with E-state index in [9.17, 15) is 9.59 Å². The highest BCUT2D eigenvalue weighted by molar-refractivity contribution is 5.97. The van der Waals surface area contributed by atoms with Crippen LogP contribution >= 0.6 is 0 Å². The molecule has 1 unspecified atom stereocenters. The smallest absolute Gasteiger partial charge is 0.335 e. The van der Waals surface area contributed by atoms with E-state index in [0.717, 1.165) is 56.9 Å². The summed E-state index contributed by atoms with van der Waals surface area (Å²) in [5.41, 5.74) is 1.28. The van der Waals surface area contributed by atoms with E-state index in [1.807, 2.05) is 13.0 Å². The fraction of sp³-hybridized carbons (Fsp3) is 0.636. The summed E-state index contributed by atoms with van der Waals surface area (Å²) in [6.45, 7) is 6.97. The Labute approximate surface area is 158 Å². The molecule has 146 valence electrons. The second-order valence-electron chi connectivity index (χ2n) is 6.80. The number of hydrogen-bond acceptors (Lipinski definition) is 4. The number of rotatable bonds is 12. The third-order valence-electron chi connectivity index (χ3n) is 4.34. The molecule has 4 nitrogen and oxygen atoms in total. The summed E-state index contributed by atoms with van der Waals surface area (Å²) >= 11 is 0. The zero-order chi connectivity index (χ0) is 19.2. The van der Waals surface area contributed by atoms with Crippen LogP contribution in [0.15, 0.2) is 35.5 Å². The van der Waals surface area contributed by atoms with E-state index in [2.05, 4.69) is 13.8 Å². The largest absolute Gasteiger partial charge is 0.465 e. The maximum atomic E-state index is 12.5. The van der Waals surface area contributed by atoms with Gasteiger partial charge in [-0.3, -0.25) is 4.79 Å². The van der Waals surface area contributed by atoms with Crippen LogP contribution in [0.4, 0.5) is 0 Å². The molecule has 0 aromatic rings. The molecule has 1 atom stereocenters. The van der Waals surface area contributed by atoms with Crippen molar-refractivity contribution in [2.75, 3.05) is 13.2 Å². The topological polar surface area (TPSA) is 52.6 Å². The van der Waals surface area contributed by atoms with Crippen LogP contribution in [0, 0.1) is 5.92 Å². The standard InChI is InChI=1S/C22H34O4/c1-4-6-8-10-15-25-21(23)19-14-12-13-18(3)17-20(19)22(24)26-16-11-9-7-5-2/h12-14,17,19H,4-11,15-16H2,1-3H3. The number of carbonyl (C=O) groups is 2. The molecule has 1 aliphatic carbocycles. The first kappa shape index (κ1) is 22.2. The lowest BCUT2D eigenvalue weighted by molar-refractivity contribution is -0.149. The molecule has 0 aromatic heterocycles. The van der Waals surface area contributed by atoms with Crippen molar-refractivity contribution in [3.63, 3.8) is 0 Å². The Balaban J connectivity index is 2.62. The average molecular weight is 363 g/mol. The van der Waals surface area contributed by atoms with E-state index in [0.29, 0.717) is 18.8 Å². The summed E-state index contributed by atoms with van der Waals surface area (Å²) in [7, 11) is 0. The van der Waals surface area contributed by atoms with Crippen LogP contribution in [0.25, 0.3) is 0 Å². The fourth-order valence-corrected chi connectivity index (χ4v) is 2.77. The molecular formula is C22H34O4. The normalized spacial score (nSPS) is 16.5. The minimum atomic E-state index is -0.696. The van der Waals surface area contributed by atoms with E-state index in [1.165, 1.54) is 0 Å². The van der Waals surface area contributed by atoms with Crippen molar-refractivity contribution in [2.45, 2.75) is 72.1 Å². The number of unbranched alkanes of at least 4 members (excludes halogenated alkanes) is 6. The second kappa shape index (κ2) is 13.4. The Morgan fingerprint density at radius 3 is 2.15 bits per heavy atom. The minimum absolute atomic E-state index is 0.363. The Bertz CT molecular complexity index is 528. The lowest BCUT2D eigenvalue weighted by Crippen LogP contribution is -2.24. The van der Waals surface area contributed by atoms with Crippen LogP contribution in [-0.4, -0.2) is 25.2 Å². The molecule has 0 N–H and O–H groups in total. The van der Waals surface area contributed by atoms with Gasteiger partial charge in [-0.15, -0.1) is 0 Å². The molecule has 0 bridgehead atoms. The summed E-state index contributed by atoms with van der Waals surface area (Å²) < 4.78 is 10.8. The van der Waals surface area contributed by atoms with Gasteiger partial charge in [0.1, 0.15) is 5.92 Å². The van der Waals surface area contributed by atoms with Crippen LogP contribution in [0.5, 0.6) is 0 Å². The van der Waals surface area contributed by atoms with Gasteiger partial charge in [-0.2, -0.15) is 0 Å². The van der Waals surface area contributed by atoms with Gasteiger partial charge in [-0.1, -0.05) is 76.2 Å². The predicted octanol–water partition coefficient (Wildman–Crippen LogP) is 5.29. The van der Waals surface area contributed by atoms with E-state index in [-0.39, 0.29) is 5.97 Å². The molecule has 0 amide bonds. The van der Waals surface area contributed by atoms with E-state index in [4.69, 9.17) is 9.47 Å². The quantitative estimate of drug-likeness (QED) is 0.349. The van der Waals surface area contributed by atoms with Crippen molar-refractivity contribution in [1.29, 1.82) is 0 Å². The Morgan fingerprint density at radius 1 is 0.923 bits per heavy atom. The highest BCUT2D eigenvalue weighted by Crippen LogP contribution is 2.22. The van der Waals surface area contributed by atoms with Crippen LogP contribution < -0.4 is 0 Å². The highest BCUT2D eigenvalue weighted by atomic mass is 16.5. The molecule has 0 saturated carbocycles. The van der Waals surface area contributed by atoms with Crippen LogP contribution in [0.1, 0.15) is 72.1 Å². The maximum absolute atomic E-state index is 12.5. The number of esters is 2. The van der Waals surface area contributed by atoms with Gasteiger partial charge < -0.3 is 9.47 Å². The zero-order valence-electron chi connectivity index (χ0n) is 16.6. The molecule has 0 spiro atoms. The Morgan fingerprint density at radius 2 is 1.54 bits per heavy atom. The summed E-state index contributed by atoms with van der Waals surface area (Å²) in [5.74, 6) is -1.50. The average Bonchev–Trinajstić information content (AvgIpc) is 2.82.